The van der Waals surface area contributed by atoms with E-state index in [1.165, 1.54) is 11.9 Å². The van der Waals surface area contributed by atoms with Gasteiger partial charge in [0.1, 0.15) is 5.82 Å². The number of hydrogen-bond acceptors (Lipinski definition) is 3. The maximum Gasteiger partial charge on any atom is 0.261 e. The number of nitrogens with zero attached hydrogens (tertiary/aromatic N) is 1. The molecule has 0 aliphatic rings. The highest BCUT2D eigenvalue weighted by Crippen LogP contribution is 2.19. The number of carbonyl (C=O) groups excluding carboxylic acids is 1. The minimum atomic E-state index is -4.01. The van der Waals surface area contributed by atoms with E-state index >= 15 is 0 Å². The molecule has 0 heterocycles. The number of halogens is 2. The zero-order valence-corrected chi connectivity index (χ0v) is 11.8. The van der Waals surface area contributed by atoms with E-state index < -0.39 is 20.8 Å². The summed E-state index contributed by atoms with van der Waals surface area (Å²) in [6.07, 6.45) is 2.22. The number of benzene rings is 1. The number of hydrogen-bond donors (Lipinski definition) is 0. The van der Waals surface area contributed by atoms with Gasteiger partial charge in [0, 0.05) is 24.3 Å². The van der Waals surface area contributed by atoms with Gasteiger partial charge in [-0.15, -0.1) is 6.58 Å². The minimum absolute atomic E-state index is 0.198. The van der Waals surface area contributed by atoms with Gasteiger partial charge in [0.25, 0.3) is 15.0 Å². The molecule has 0 aliphatic carbocycles. The Morgan fingerprint density at radius 2 is 2.16 bits per heavy atom. The van der Waals surface area contributed by atoms with E-state index in [0.717, 1.165) is 18.2 Å². The molecule has 1 aromatic carbocycles. The fourth-order valence-corrected chi connectivity index (χ4v) is 2.18. The van der Waals surface area contributed by atoms with Crippen LogP contribution in [0.25, 0.3) is 0 Å². The average molecular weight is 306 g/mol. The lowest BCUT2D eigenvalue weighted by molar-refractivity contribution is 0.0792. The van der Waals surface area contributed by atoms with E-state index in [1.54, 1.807) is 6.08 Å². The Morgan fingerprint density at radius 3 is 2.63 bits per heavy atom. The van der Waals surface area contributed by atoms with Crippen molar-refractivity contribution in [3.8, 4) is 0 Å². The van der Waals surface area contributed by atoms with Crippen LogP contribution in [0.4, 0.5) is 4.39 Å². The van der Waals surface area contributed by atoms with Gasteiger partial charge < -0.3 is 4.90 Å². The number of carbonyl (C=O) groups is 1. The standard InChI is InChI=1S/C12H13ClFNO3S/c1-3-4-7-15(2)12(16)10-6-5-9(8-11(10)14)19(13,17)18/h3,5-6,8H,1,4,7H2,2H3. The first-order valence-electron chi connectivity index (χ1n) is 5.38. The van der Waals surface area contributed by atoms with Crippen LogP contribution in [0.5, 0.6) is 0 Å². The van der Waals surface area contributed by atoms with E-state index in [-0.39, 0.29) is 10.5 Å². The first-order chi connectivity index (χ1) is 8.77. The highest BCUT2D eigenvalue weighted by Gasteiger charge is 2.19. The number of amides is 1. The van der Waals surface area contributed by atoms with Crippen LogP contribution in [-0.4, -0.2) is 32.8 Å². The predicted octanol–water partition coefficient (Wildman–Crippen LogP) is 2.40. The molecule has 0 atom stereocenters. The first kappa shape index (κ1) is 15.7. The van der Waals surface area contributed by atoms with Crippen LogP contribution in [0.3, 0.4) is 0 Å². The maximum atomic E-state index is 13.7. The van der Waals surface area contributed by atoms with Gasteiger partial charge in [-0.2, -0.15) is 0 Å². The molecule has 0 saturated carbocycles. The van der Waals surface area contributed by atoms with E-state index in [4.69, 9.17) is 10.7 Å². The van der Waals surface area contributed by atoms with Crippen molar-refractivity contribution in [3.05, 3.63) is 42.2 Å². The molecule has 0 aliphatic heterocycles. The molecule has 104 valence electrons. The largest absolute Gasteiger partial charge is 0.341 e. The Labute approximate surface area is 115 Å². The molecule has 1 amide bonds. The third kappa shape index (κ3) is 4.04. The summed E-state index contributed by atoms with van der Waals surface area (Å²) >= 11 is 0. The molecule has 0 saturated heterocycles. The van der Waals surface area contributed by atoms with Crippen LogP contribution in [0.15, 0.2) is 35.7 Å². The molecule has 0 bridgehead atoms. The second kappa shape index (κ2) is 6.16. The topological polar surface area (TPSA) is 54.5 Å². The van der Waals surface area contributed by atoms with Crippen molar-refractivity contribution < 1.29 is 17.6 Å². The average Bonchev–Trinajstić information content (AvgIpc) is 2.33. The molecule has 0 aromatic heterocycles. The van der Waals surface area contributed by atoms with Gasteiger partial charge in [0.05, 0.1) is 10.5 Å². The van der Waals surface area contributed by atoms with Gasteiger partial charge in [-0.25, -0.2) is 12.8 Å². The van der Waals surface area contributed by atoms with E-state index in [2.05, 4.69) is 6.58 Å². The minimum Gasteiger partial charge on any atom is -0.341 e. The van der Waals surface area contributed by atoms with Crippen LogP contribution in [0, 0.1) is 5.82 Å². The van der Waals surface area contributed by atoms with Gasteiger partial charge in [0.2, 0.25) is 0 Å². The van der Waals surface area contributed by atoms with Crippen molar-refractivity contribution in [3.63, 3.8) is 0 Å². The summed E-state index contributed by atoms with van der Waals surface area (Å²) in [4.78, 5) is 12.9. The zero-order chi connectivity index (χ0) is 14.6. The highest BCUT2D eigenvalue weighted by molar-refractivity contribution is 8.13. The molecule has 0 spiro atoms. The fraction of sp³-hybridized carbons (Fsp3) is 0.250. The molecule has 0 fully saturated rings. The van der Waals surface area contributed by atoms with Gasteiger partial charge in [-0.05, 0) is 24.6 Å². The normalized spacial score (nSPS) is 11.1. The molecule has 0 unspecified atom stereocenters. The lowest BCUT2D eigenvalue weighted by Gasteiger charge is -2.16. The second-order valence-electron chi connectivity index (χ2n) is 3.88. The Hall–Kier alpha value is -1.40. The molecule has 1 aromatic rings. The van der Waals surface area contributed by atoms with Crippen molar-refractivity contribution >= 4 is 25.6 Å². The van der Waals surface area contributed by atoms with E-state index in [1.807, 2.05) is 0 Å². The summed E-state index contributed by atoms with van der Waals surface area (Å²) in [5, 5.41) is 0. The Kier molecular flexibility index (Phi) is 5.08. The summed E-state index contributed by atoms with van der Waals surface area (Å²) in [6.45, 7) is 3.93. The zero-order valence-electron chi connectivity index (χ0n) is 10.3. The van der Waals surface area contributed by atoms with Crippen molar-refractivity contribution in [2.45, 2.75) is 11.3 Å². The Bertz CT molecular complexity index is 601. The summed E-state index contributed by atoms with van der Waals surface area (Å²) in [5.74, 6) is -1.45. The molecule has 1 rings (SSSR count). The Balaban J connectivity index is 3.03. The predicted molar refractivity (Wildman–Crippen MR) is 71.2 cm³/mol. The molecular formula is C12H13ClFNO3S. The number of rotatable bonds is 5. The summed E-state index contributed by atoms with van der Waals surface area (Å²) < 4.78 is 35.8. The third-order valence-electron chi connectivity index (χ3n) is 2.47. The fourth-order valence-electron chi connectivity index (χ4n) is 1.41. The maximum absolute atomic E-state index is 13.7. The molecule has 0 N–H and O–H groups in total. The smallest absolute Gasteiger partial charge is 0.261 e. The monoisotopic (exact) mass is 305 g/mol. The molecule has 7 heteroatoms. The third-order valence-corrected chi connectivity index (χ3v) is 3.82. The second-order valence-corrected chi connectivity index (χ2v) is 6.45. The molecule has 0 radical (unpaired) electrons. The van der Waals surface area contributed by atoms with Crippen LogP contribution in [0.2, 0.25) is 0 Å². The SMILES string of the molecule is C=CCCN(C)C(=O)c1ccc(S(=O)(=O)Cl)cc1F. The Morgan fingerprint density at radius 1 is 1.53 bits per heavy atom. The van der Waals surface area contributed by atoms with E-state index in [0.29, 0.717) is 13.0 Å². The van der Waals surface area contributed by atoms with Gasteiger partial charge in [-0.1, -0.05) is 6.08 Å². The van der Waals surface area contributed by atoms with Crippen molar-refractivity contribution in [1.82, 2.24) is 4.90 Å². The lowest BCUT2D eigenvalue weighted by atomic mass is 10.2. The van der Waals surface area contributed by atoms with Crippen molar-refractivity contribution in [2.75, 3.05) is 13.6 Å². The van der Waals surface area contributed by atoms with Crippen LogP contribution >= 0.6 is 10.7 Å². The van der Waals surface area contributed by atoms with Crippen molar-refractivity contribution in [1.29, 1.82) is 0 Å². The van der Waals surface area contributed by atoms with Crippen LogP contribution < -0.4 is 0 Å². The van der Waals surface area contributed by atoms with Gasteiger partial charge in [0.15, 0.2) is 0 Å². The summed E-state index contributed by atoms with van der Waals surface area (Å²) in [7, 11) is 2.61. The lowest BCUT2D eigenvalue weighted by Crippen LogP contribution is -2.28. The van der Waals surface area contributed by atoms with Gasteiger partial charge in [-0.3, -0.25) is 4.79 Å². The van der Waals surface area contributed by atoms with Crippen molar-refractivity contribution in [2.24, 2.45) is 0 Å². The van der Waals surface area contributed by atoms with Crippen LogP contribution in [-0.2, 0) is 9.05 Å². The van der Waals surface area contributed by atoms with Crippen LogP contribution in [0.1, 0.15) is 16.8 Å². The first-order valence-corrected chi connectivity index (χ1v) is 7.69. The summed E-state index contributed by atoms with van der Waals surface area (Å²) in [6, 6.07) is 2.94. The molecule has 4 nitrogen and oxygen atoms in total. The molecule has 19 heavy (non-hydrogen) atoms. The highest BCUT2D eigenvalue weighted by atomic mass is 35.7. The summed E-state index contributed by atoms with van der Waals surface area (Å²) in [5.41, 5.74) is -0.198. The van der Waals surface area contributed by atoms with E-state index in [9.17, 15) is 17.6 Å². The molecular weight excluding hydrogens is 293 g/mol. The quantitative estimate of drug-likeness (QED) is 0.620. The van der Waals surface area contributed by atoms with Gasteiger partial charge >= 0.3 is 0 Å².